The topological polar surface area (TPSA) is 51.4 Å². The van der Waals surface area contributed by atoms with Crippen molar-refractivity contribution in [2.45, 2.75) is 18.7 Å². The lowest BCUT2D eigenvalue weighted by Crippen LogP contribution is -1.96. The third-order valence-electron chi connectivity index (χ3n) is 3.37. The van der Waals surface area contributed by atoms with E-state index in [1.165, 1.54) is 16.8 Å². The number of benzene rings is 1. The number of hydrogen-bond acceptors (Lipinski definition) is 4. The summed E-state index contributed by atoms with van der Waals surface area (Å²) in [6, 6.07) is 6.84. The first-order chi connectivity index (χ1) is 9.36. The summed E-state index contributed by atoms with van der Waals surface area (Å²) in [5.74, 6) is 0. The predicted molar refractivity (Wildman–Crippen MR) is 81.1 cm³/mol. The van der Waals surface area contributed by atoms with Crippen molar-refractivity contribution in [2.24, 2.45) is 0 Å². The molecule has 1 aromatic carbocycles. The SMILES string of the molecule is Cc1sc2nc(-c3ccc(S(C)(=O)=O)cc3)cn2c1C. The number of sulfone groups is 1. The summed E-state index contributed by atoms with van der Waals surface area (Å²) in [6.45, 7) is 4.15. The average molecular weight is 306 g/mol. The van der Waals surface area contributed by atoms with Crippen LogP contribution in [-0.2, 0) is 9.84 Å². The first-order valence-corrected chi connectivity index (χ1v) is 8.82. The fourth-order valence-corrected chi connectivity index (χ4v) is 3.65. The first kappa shape index (κ1) is 13.3. The number of rotatable bonds is 2. The number of hydrogen-bond donors (Lipinski definition) is 0. The van der Waals surface area contributed by atoms with E-state index in [-0.39, 0.29) is 0 Å². The molecule has 2 heterocycles. The third kappa shape index (κ3) is 2.14. The Kier molecular flexibility index (Phi) is 2.95. The van der Waals surface area contributed by atoms with Crippen LogP contribution in [0.15, 0.2) is 35.4 Å². The van der Waals surface area contributed by atoms with Gasteiger partial charge in [-0.15, -0.1) is 11.3 Å². The number of fused-ring (bicyclic) bond motifs is 1. The summed E-state index contributed by atoms with van der Waals surface area (Å²) in [4.78, 5) is 7.13. The van der Waals surface area contributed by atoms with E-state index in [9.17, 15) is 8.42 Å². The maximum Gasteiger partial charge on any atom is 0.194 e. The summed E-state index contributed by atoms with van der Waals surface area (Å²) >= 11 is 1.66. The quantitative estimate of drug-likeness (QED) is 0.731. The van der Waals surface area contributed by atoms with Crippen molar-refractivity contribution in [2.75, 3.05) is 6.26 Å². The lowest BCUT2D eigenvalue weighted by Gasteiger charge is -2.00. The van der Waals surface area contributed by atoms with Crippen LogP contribution < -0.4 is 0 Å². The molecule has 3 aromatic rings. The minimum absolute atomic E-state index is 0.328. The second-order valence-electron chi connectivity index (χ2n) is 4.82. The highest BCUT2D eigenvalue weighted by atomic mass is 32.2. The van der Waals surface area contributed by atoms with Crippen LogP contribution in [-0.4, -0.2) is 24.1 Å². The number of thiazole rings is 1. The Bertz CT molecular complexity index is 887. The van der Waals surface area contributed by atoms with Crippen LogP contribution in [0.1, 0.15) is 10.6 Å². The first-order valence-electron chi connectivity index (χ1n) is 6.12. The Hall–Kier alpha value is -1.66. The van der Waals surface area contributed by atoms with Crippen molar-refractivity contribution in [1.29, 1.82) is 0 Å². The standard InChI is InChI=1S/C14H14N2O2S2/c1-9-10(2)19-14-15-13(8-16(9)14)11-4-6-12(7-5-11)20(3,17)18/h4-8H,1-3H3. The van der Waals surface area contributed by atoms with Crippen LogP contribution in [0.25, 0.3) is 16.2 Å². The lowest BCUT2D eigenvalue weighted by atomic mass is 10.2. The number of imidazole rings is 1. The number of aryl methyl sites for hydroxylation is 2. The minimum atomic E-state index is -3.15. The Labute approximate surface area is 121 Å². The predicted octanol–water partition coefficient (Wildman–Crippen LogP) is 3.08. The Morgan fingerprint density at radius 1 is 1.15 bits per heavy atom. The number of nitrogens with zero attached hydrogens (tertiary/aromatic N) is 2. The molecule has 0 atom stereocenters. The largest absolute Gasteiger partial charge is 0.294 e. The molecular weight excluding hydrogens is 292 g/mol. The van der Waals surface area contributed by atoms with Crippen LogP contribution in [0.2, 0.25) is 0 Å². The van der Waals surface area contributed by atoms with Gasteiger partial charge >= 0.3 is 0 Å². The molecule has 104 valence electrons. The fraction of sp³-hybridized carbons (Fsp3) is 0.214. The highest BCUT2D eigenvalue weighted by Crippen LogP contribution is 2.27. The van der Waals surface area contributed by atoms with Crippen molar-refractivity contribution in [3.8, 4) is 11.3 Å². The summed E-state index contributed by atoms with van der Waals surface area (Å²) < 4.78 is 25.0. The highest BCUT2D eigenvalue weighted by Gasteiger charge is 2.11. The molecule has 0 saturated carbocycles. The van der Waals surface area contributed by atoms with Gasteiger partial charge in [0.05, 0.1) is 10.6 Å². The van der Waals surface area contributed by atoms with Gasteiger partial charge in [0.2, 0.25) is 0 Å². The van der Waals surface area contributed by atoms with E-state index in [4.69, 9.17) is 0 Å². The second kappa shape index (κ2) is 4.43. The molecule has 2 aromatic heterocycles. The Morgan fingerprint density at radius 2 is 1.80 bits per heavy atom. The molecule has 0 N–H and O–H groups in total. The van der Waals surface area contributed by atoms with E-state index in [1.54, 1.807) is 35.6 Å². The van der Waals surface area contributed by atoms with Crippen molar-refractivity contribution in [1.82, 2.24) is 9.38 Å². The lowest BCUT2D eigenvalue weighted by molar-refractivity contribution is 0.602. The van der Waals surface area contributed by atoms with Crippen molar-refractivity contribution in [3.63, 3.8) is 0 Å². The highest BCUT2D eigenvalue weighted by molar-refractivity contribution is 7.90. The summed E-state index contributed by atoms with van der Waals surface area (Å²) in [5.41, 5.74) is 2.97. The van der Waals surface area contributed by atoms with Gasteiger partial charge in [0, 0.05) is 28.6 Å². The van der Waals surface area contributed by atoms with Crippen LogP contribution in [0, 0.1) is 13.8 Å². The molecule has 0 aliphatic heterocycles. The van der Waals surface area contributed by atoms with E-state index in [1.807, 2.05) is 6.20 Å². The fourth-order valence-electron chi connectivity index (χ4n) is 2.07. The molecule has 0 fully saturated rings. The third-order valence-corrected chi connectivity index (χ3v) is 5.57. The average Bonchev–Trinajstić information content (AvgIpc) is 2.90. The van der Waals surface area contributed by atoms with Crippen molar-refractivity contribution >= 4 is 26.1 Å². The van der Waals surface area contributed by atoms with E-state index in [0.717, 1.165) is 16.2 Å². The molecular formula is C14H14N2O2S2. The molecule has 20 heavy (non-hydrogen) atoms. The maximum atomic E-state index is 11.4. The molecule has 0 aliphatic rings. The van der Waals surface area contributed by atoms with Crippen LogP contribution in [0.5, 0.6) is 0 Å². The summed E-state index contributed by atoms with van der Waals surface area (Å²) in [7, 11) is -3.15. The maximum absolute atomic E-state index is 11.4. The molecule has 0 radical (unpaired) electrons. The zero-order valence-electron chi connectivity index (χ0n) is 11.4. The van der Waals surface area contributed by atoms with E-state index in [0.29, 0.717) is 4.90 Å². The van der Waals surface area contributed by atoms with E-state index >= 15 is 0 Å². The van der Waals surface area contributed by atoms with E-state index in [2.05, 4.69) is 23.2 Å². The molecule has 3 rings (SSSR count). The normalized spacial score (nSPS) is 12.2. The molecule has 0 amide bonds. The van der Waals surface area contributed by atoms with Gasteiger partial charge in [0.1, 0.15) is 0 Å². The zero-order chi connectivity index (χ0) is 14.5. The minimum Gasteiger partial charge on any atom is -0.294 e. The molecule has 4 nitrogen and oxygen atoms in total. The molecule has 6 heteroatoms. The molecule has 0 bridgehead atoms. The second-order valence-corrected chi connectivity index (χ2v) is 8.02. The smallest absolute Gasteiger partial charge is 0.194 e. The molecule has 0 aliphatic carbocycles. The molecule has 0 spiro atoms. The van der Waals surface area contributed by atoms with Gasteiger partial charge in [-0.25, -0.2) is 13.4 Å². The summed E-state index contributed by atoms with van der Waals surface area (Å²) in [5, 5.41) is 0. The van der Waals surface area contributed by atoms with Gasteiger partial charge < -0.3 is 0 Å². The van der Waals surface area contributed by atoms with Crippen LogP contribution >= 0.6 is 11.3 Å². The van der Waals surface area contributed by atoms with Gasteiger partial charge in [-0.2, -0.15) is 0 Å². The van der Waals surface area contributed by atoms with Gasteiger partial charge in [-0.3, -0.25) is 4.40 Å². The Morgan fingerprint density at radius 3 is 2.35 bits per heavy atom. The summed E-state index contributed by atoms with van der Waals surface area (Å²) in [6.07, 6.45) is 3.20. The zero-order valence-corrected chi connectivity index (χ0v) is 13.0. The monoisotopic (exact) mass is 306 g/mol. The van der Waals surface area contributed by atoms with Crippen LogP contribution in [0.4, 0.5) is 0 Å². The number of aromatic nitrogens is 2. The molecule has 0 saturated heterocycles. The van der Waals surface area contributed by atoms with Gasteiger partial charge in [-0.05, 0) is 26.0 Å². The van der Waals surface area contributed by atoms with Gasteiger partial charge in [0.15, 0.2) is 14.8 Å². The van der Waals surface area contributed by atoms with Crippen molar-refractivity contribution < 1.29 is 8.42 Å². The van der Waals surface area contributed by atoms with Crippen molar-refractivity contribution in [3.05, 3.63) is 41.0 Å². The van der Waals surface area contributed by atoms with Crippen LogP contribution in [0.3, 0.4) is 0 Å². The molecule has 0 unspecified atom stereocenters. The Balaban J connectivity index is 2.07. The van der Waals surface area contributed by atoms with E-state index < -0.39 is 9.84 Å². The van der Waals surface area contributed by atoms with Gasteiger partial charge in [-0.1, -0.05) is 12.1 Å². The van der Waals surface area contributed by atoms with Gasteiger partial charge in [0.25, 0.3) is 0 Å².